The van der Waals surface area contributed by atoms with Gasteiger partial charge in [0.05, 0.1) is 24.8 Å². The molecule has 1 saturated carbocycles. The minimum Gasteiger partial charge on any atom is -0.334 e. The monoisotopic (exact) mass is 375 g/mol. The molecule has 2 bridgehead atoms. The third kappa shape index (κ3) is 3.07. The smallest absolute Gasteiger partial charge is 0.239 e. The Hall–Kier alpha value is -2.73. The van der Waals surface area contributed by atoms with E-state index in [-0.39, 0.29) is 5.91 Å². The third-order valence-electron chi connectivity index (χ3n) is 6.46. The lowest BCUT2D eigenvalue weighted by atomic mass is 9.97. The van der Waals surface area contributed by atoms with Gasteiger partial charge >= 0.3 is 0 Å². The number of piperidine rings is 1. The molecule has 0 radical (unpaired) electrons. The Morgan fingerprint density at radius 3 is 2.82 bits per heavy atom. The van der Waals surface area contributed by atoms with Crippen LogP contribution in [0.15, 0.2) is 43.0 Å². The summed E-state index contributed by atoms with van der Waals surface area (Å²) in [6.45, 7) is 3.85. The zero-order chi connectivity index (χ0) is 19.3. The number of anilines is 1. The molecule has 28 heavy (non-hydrogen) atoms. The van der Waals surface area contributed by atoms with Gasteiger partial charge in [0.1, 0.15) is 5.82 Å². The van der Waals surface area contributed by atoms with Crippen LogP contribution >= 0.6 is 0 Å². The molecular weight excluding hydrogens is 350 g/mol. The van der Waals surface area contributed by atoms with E-state index < -0.39 is 0 Å². The molecule has 1 amide bonds. The van der Waals surface area contributed by atoms with Gasteiger partial charge in [0.15, 0.2) is 0 Å². The number of aromatic nitrogens is 3. The molecule has 1 aliphatic heterocycles. The molecule has 2 aliphatic rings. The largest absolute Gasteiger partial charge is 0.334 e. The van der Waals surface area contributed by atoms with E-state index in [1.807, 2.05) is 30.1 Å². The van der Waals surface area contributed by atoms with Crippen molar-refractivity contribution in [2.75, 3.05) is 18.4 Å². The summed E-state index contributed by atoms with van der Waals surface area (Å²) in [4.78, 5) is 23.5. The van der Waals surface area contributed by atoms with Gasteiger partial charge in [-0.3, -0.25) is 9.69 Å². The molecular formula is C22H25N5O. The van der Waals surface area contributed by atoms with Crippen molar-refractivity contribution in [3.63, 3.8) is 0 Å². The number of pyridine rings is 1. The summed E-state index contributed by atoms with van der Waals surface area (Å²) in [5.74, 6) is 2.20. The number of aryl methyl sites for hydroxylation is 1. The molecule has 3 aromatic rings. The Morgan fingerprint density at radius 1 is 1.21 bits per heavy atom. The number of hydrogen-bond acceptors (Lipinski definition) is 4. The van der Waals surface area contributed by atoms with E-state index in [1.54, 1.807) is 6.33 Å². The standard InChI is InChI=1S/C22H25N5O/c1-14-5-19-7-18(14)11-27(19)12-22(28)25-21-8-17-6-15(3-4-16(17)9-24-21)20-10-23-13-26(20)2/h3-4,6,8-10,13-14,18-19H,5,7,11-12H2,1-2H3,(H,24,25,28)/t14?,18-,19+/m1/s1. The van der Waals surface area contributed by atoms with Crippen LogP contribution < -0.4 is 5.32 Å². The number of nitrogens with zero attached hydrogens (tertiary/aromatic N) is 4. The average molecular weight is 375 g/mol. The highest BCUT2D eigenvalue weighted by Crippen LogP contribution is 2.41. The van der Waals surface area contributed by atoms with Gasteiger partial charge in [0, 0.05) is 36.8 Å². The molecule has 3 heterocycles. The van der Waals surface area contributed by atoms with Gasteiger partial charge in [-0.15, -0.1) is 0 Å². The molecule has 6 nitrogen and oxygen atoms in total. The van der Waals surface area contributed by atoms with Crippen molar-refractivity contribution in [2.24, 2.45) is 18.9 Å². The lowest BCUT2D eigenvalue weighted by Gasteiger charge is -2.29. The van der Waals surface area contributed by atoms with Crippen LogP contribution in [0.4, 0.5) is 5.82 Å². The van der Waals surface area contributed by atoms with Gasteiger partial charge in [-0.1, -0.05) is 19.1 Å². The number of nitrogens with one attached hydrogen (secondary N) is 1. The summed E-state index contributed by atoms with van der Waals surface area (Å²) in [6, 6.07) is 8.77. The predicted octanol–water partition coefficient (Wildman–Crippen LogP) is 3.30. The highest BCUT2D eigenvalue weighted by Gasteiger charge is 2.42. The first-order chi connectivity index (χ1) is 13.6. The molecule has 1 aliphatic carbocycles. The number of fused-ring (bicyclic) bond motifs is 3. The van der Waals surface area contributed by atoms with Crippen molar-refractivity contribution < 1.29 is 4.79 Å². The van der Waals surface area contributed by atoms with Crippen molar-refractivity contribution >= 4 is 22.5 Å². The maximum Gasteiger partial charge on any atom is 0.239 e. The van der Waals surface area contributed by atoms with Crippen LogP contribution in [-0.4, -0.2) is 44.5 Å². The Balaban J connectivity index is 1.32. The lowest BCUT2D eigenvalue weighted by molar-refractivity contribution is -0.117. The molecule has 6 heteroatoms. The third-order valence-corrected chi connectivity index (χ3v) is 6.46. The Labute approximate surface area is 164 Å². The zero-order valence-electron chi connectivity index (χ0n) is 16.3. The van der Waals surface area contributed by atoms with Crippen LogP contribution in [0.5, 0.6) is 0 Å². The minimum atomic E-state index is 0.0230. The molecule has 1 N–H and O–H groups in total. The van der Waals surface area contributed by atoms with E-state index in [0.29, 0.717) is 18.4 Å². The summed E-state index contributed by atoms with van der Waals surface area (Å²) >= 11 is 0. The van der Waals surface area contributed by atoms with E-state index in [1.165, 1.54) is 12.8 Å². The van der Waals surface area contributed by atoms with Crippen LogP contribution in [0.3, 0.4) is 0 Å². The number of benzene rings is 1. The second-order valence-electron chi connectivity index (χ2n) is 8.36. The summed E-state index contributed by atoms with van der Waals surface area (Å²) in [7, 11) is 1.98. The summed E-state index contributed by atoms with van der Waals surface area (Å²) in [5.41, 5.74) is 2.15. The number of imidazole rings is 1. The van der Waals surface area contributed by atoms with Crippen molar-refractivity contribution in [1.82, 2.24) is 19.4 Å². The molecule has 5 rings (SSSR count). The molecule has 3 atom stereocenters. The Kier molecular flexibility index (Phi) is 4.16. The van der Waals surface area contributed by atoms with Crippen molar-refractivity contribution in [3.05, 3.63) is 43.0 Å². The number of hydrogen-bond donors (Lipinski definition) is 1. The second kappa shape index (κ2) is 6.71. The molecule has 1 saturated heterocycles. The molecule has 2 fully saturated rings. The Morgan fingerprint density at radius 2 is 2.11 bits per heavy atom. The normalized spacial score (nSPS) is 24.1. The number of likely N-dealkylation sites (tertiary alicyclic amines) is 1. The van der Waals surface area contributed by atoms with Gasteiger partial charge in [-0.2, -0.15) is 0 Å². The van der Waals surface area contributed by atoms with Gasteiger partial charge in [0.2, 0.25) is 5.91 Å². The van der Waals surface area contributed by atoms with Crippen LogP contribution in [0, 0.1) is 11.8 Å². The van der Waals surface area contributed by atoms with E-state index in [4.69, 9.17) is 0 Å². The number of carbonyl (C=O) groups is 1. The SMILES string of the molecule is CC1C[C@H]2C[C@@H]1CN2CC(=O)Nc1cc2cc(-c3cncn3C)ccc2cn1. The fourth-order valence-corrected chi connectivity index (χ4v) is 4.87. The van der Waals surface area contributed by atoms with E-state index in [9.17, 15) is 4.79 Å². The van der Waals surface area contributed by atoms with Crippen LogP contribution in [0.2, 0.25) is 0 Å². The predicted molar refractivity (Wildman–Crippen MR) is 110 cm³/mol. The summed E-state index contributed by atoms with van der Waals surface area (Å²) < 4.78 is 2.00. The molecule has 2 aromatic heterocycles. The van der Waals surface area contributed by atoms with Gasteiger partial charge in [-0.05, 0) is 42.2 Å². The van der Waals surface area contributed by atoms with Crippen LogP contribution in [0.1, 0.15) is 19.8 Å². The highest BCUT2D eigenvalue weighted by molar-refractivity contribution is 5.94. The maximum atomic E-state index is 12.6. The van der Waals surface area contributed by atoms with E-state index in [0.717, 1.165) is 40.4 Å². The Bertz CT molecular complexity index is 1040. The number of carbonyl (C=O) groups excluding carboxylic acids is 1. The minimum absolute atomic E-state index is 0.0230. The fourth-order valence-electron chi connectivity index (χ4n) is 4.87. The highest BCUT2D eigenvalue weighted by atomic mass is 16.2. The van der Waals surface area contributed by atoms with Crippen molar-refractivity contribution in [3.8, 4) is 11.3 Å². The van der Waals surface area contributed by atoms with Crippen molar-refractivity contribution in [2.45, 2.75) is 25.8 Å². The van der Waals surface area contributed by atoms with E-state index >= 15 is 0 Å². The van der Waals surface area contributed by atoms with Gasteiger partial charge < -0.3 is 9.88 Å². The molecule has 1 unspecified atom stereocenters. The molecule has 144 valence electrons. The lowest BCUT2D eigenvalue weighted by Crippen LogP contribution is -2.40. The van der Waals surface area contributed by atoms with Crippen LogP contribution in [-0.2, 0) is 11.8 Å². The van der Waals surface area contributed by atoms with Crippen molar-refractivity contribution in [1.29, 1.82) is 0 Å². The summed E-state index contributed by atoms with van der Waals surface area (Å²) in [6.07, 6.45) is 7.94. The first-order valence-corrected chi connectivity index (χ1v) is 9.97. The summed E-state index contributed by atoms with van der Waals surface area (Å²) in [5, 5.41) is 5.09. The number of rotatable bonds is 4. The molecule has 1 aromatic carbocycles. The topological polar surface area (TPSA) is 63.1 Å². The molecule has 0 spiro atoms. The fraction of sp³-hybridized carbons (Fsp3) is 0.409. The first kappa shape index (κ1) is 17.4. The number of amides is 1. The van der Waals surface area contributed by atoms with Gasteiger partial charge in [0.25, 0.3) is 0 Å². The second-order valence-corrected chi connectivity index (χ2v) is 8.36. The van der Waals surface area contributed by atoms with Gasteiger partial charge in [-0.25, -0.2) is 9.97 Å². The maximum absolute atomic E-state index is 12.6. The quantitative estimate of drug-likeness (QED) is 0.760. The first-order valence-electron chi connectivity index (χ1n) is 9.97. The van der Waals surface area contributed by atoms with Crippen LogP contribution in [0.25, 0.3) is 22.0 Å². The zero-order valence-corrected chi connectivity index (χ0v) is 16.3. The average Bonchev–Trinajstić information content (AvgIpc) is 3.36. The van der Waals surface area contributed by atoms with E-state index in [2.05, 4.69) is 45.3 Å².